The molecule has 0 unspecified atom stereocenters. The maximum absolute atomic E-state index is 10.6. The summed E-state index contributed by atoms with van der Waals surface area (Å²) < 4.78 is 10.9. The molecule has 7 nitrogen and oxygen atoms in total. The van der Waals surface area contributed by atoms with E-state index in [2.05, 4.69) is 15.8 Å². The predicted molar refractivity (Wildman–Crippen MR) is 109 cm³/mol. The fourth-order valence-corrected chi connectivity index (χ4v) is 3.45. The third-order valence-electron chi connectivity index (χ3n) is 4.02. The molecule has 0 spiro atoms. The quantitative estimate of drug-likeness (QED) is 0.354. The number of nitrogens with zero attached hydrogens (tertiary/aromatic N) is 1. The number of hydrogen-bond acceptors (Lipinski definition) is 7. The Balaban J connectivity index is 1.92. The number of methoxy groups -OCH3 is 1. The number of carboxylic acids is 1. The summed E-state index contributed by atoms with van der Waals surface area (Å²) >= 11 is 6.50. The molecule has 1 aromatic carbocycles. The highest BCUT2D eigenvalue weighted by Crippen LogP contribution is 2.24. The van der Waals surface area contributed by atoms with Gasteiger partial charge in [-0.3, -0.25) is 5.43 Å². The maximum Gasteiger partial charge on any atom is 0.187 e. The SMILES string of the molecule is COc1ccc(/C(C)=N\NC(=S)NC[C@H]2CCCO2)cc1CSCC(=O)[O-]. The van der Waals surface area contributed by atoms with E-state index < -0.39 is 5.97 Å². The van der Waals surface area contributed by atoms with Crippen molar-refractivity contribution >= 4 is 40.8 Å². The molecule has 1 atom stereocenters. The lowest BCUT2D eigenvalue weighted by Gasteiger charge is -2.13. The fourth-order valence-electron chi connectivity index (χ4n) is 2.61. The van der Waals surface area contributed by atoms with Crippen LogP contribution < -0.4 is 20.6 Å². The summed E-state index contributed by atoms with van der Waals surface area (Å²) in [6, 6.07) is 5.68. The lowest BCUT2D eigenvalue weighted by molar-refractivity contribution is -0.301. The van der Waals surface area contributed by atoms with Gasteiger partial charge in [0, 0.05) is 30.2 Å². The smallest absolute Gasteiger partial charge is 0.187 e. The number of nitrogens with one attached hydrogen (secondary N) is 2. The molecule has 1 saturated heterocycles. The molecular formula is C18H24N3O4S2-. The number of ether oxygens (including phenoxy) is 2. The first kappa shape index (κ1) is 21.5. The van der Waals surface area contributed by atoms with Gasteiger partial charge in [-0.2, -0.15) is 16.9 Å². The number of carbonyl (C=O) groups excluding carboxylic acids is 1. The van der Waals surface area contributed by atoms with Gasteiger partial charge >= 0.3 is 0 Å². The Bertz CT molecular complexity index is 691. The van der Waals surface area contributed by atoms with Gasteiger partial charge in [-0.1, -0.05) is 0 Å². The number of hydrazone groups is 1. The van der Waals surface area contributed by atoms with Crippen molar-refractivity contribution < 1.29 is 19.4 Å². The van der Waals surface area contributed by atoms with Gasteiger partial charge < -0.3 is 24.7 Å². The van der Waals surface area contributed by atoms with Crippen molar-refractivity contribution in [3.05, 3.63) is 29.3 Å². The summed E-state index contributed by atoms with van der Waals surface area (Å²) in [5.74, 6) is 0.0693. The van der Waals surface area contributed by atoms with Crippen LogP contribution in [0.15, 0.2) is 23.3 Å². The highest BCUT2D eigenvalue weighted by molar-refractivity contribution is 7.99. The molecule has 0 aromatic heterocycles. The number of benzene rings is 1. The van der Waals surface area contributed by atoms with Crippen LogP contribution in [0.2, 0.25) is 0 Å². The van der Waals surface area contributed by atoms with E-state index in [9.17, 15) is 9.90 Å². The molecule has 0 bridgehead atoms. The van der Waals surface area contributed by atoms with Crippen molar-refractivity contribution in [3.8, 4) is 5.75 Å². The Labute approximate surface area is 168 Å². The Morgan fingerprint density at radius 2 is 2.33 bits per heavy atom. The number of hydrogen-bond donors (Lipinski definition) is 2. The summed E-state index contributed by atoms with van der Waals surface area (Å²) in [5.41, 5.74) is 5.39. The molecule has 0 aliphatic carbocycles. The number of carbonyl (C=O) groups is 1. The Hall–Kier alpha value is -1.84. The van der Waals surface area contributed by atoms with Crippen molar-refractivity contribution in [2.75, 3.05) is 26.0 Å². The average Bonchev–Trinajstić information content (AvgIpc) is 3.17. The number of rotatable bonds is 9. The first-order valence-corrected chi connectivity index (χ1v) is 10.2. The molecule has 27 heavy (non-hydrogen) atoms. The van der Waals surface area contributed by atoms with Crippen LogP contribution in [0.1, 0.15) is 30.9 Å². The standard InChI is InChI=1S/C18H25N3O4S2/c1-12(20-21-18(26)19-9-15-4-3-7-25-15)13-5-6-16(24-2)14(8-13)10-27-11-17(22)23/h5-6,8,15H,3-4,7,9-11H2,1-2H3,(H,22,23)(H2,19,21,26)/p-1/b20-12-/t15-/m1/s1. The molecule has 1 heterocycles. The number of aliphatic carboxylic acids is 1. The van der Waals surface area contributed by atoms with Gasteiger partial charge in [0.05, 0.1) is 24.9 Å². The van der Waals surface area contributed by atoms with Crippen LogP contribution in [-0.4, -0.2) is 48.9 Å². The van der Waals surface area contributed by atoms with E-state index in [0.717, 1.165) is 36.3 Å². The molecule has 0 amide bonds. The third-order valence-corrected chi connectivity index (χ3v) is 5.21. The van der Waals surface area contributed by atoms with Gasteiger partial charge in [-0.25, -0.2) is 0 Å². The molecule has 1 aliphatic heterocycles. The van der Waals surface area contributed by atoms with Gasteiger partial charge in [0.2, 0.25) is 0 Å². The zero-order chi connectivity index (χ0) is 19.6. The Morgan fingerprint density at radius 3 is 3.00 bits per heavy atom. The minimum absolute atomic E-state index is 0.0628. The third kappa shape index (κ3) is 7.36. The van der Waals surface area contributed by atoms with E-state index in [1.807, 2.05) is 25.1 Å². The minimum atomic E-state index is -1.08. The lowest BCUT2D eigenvalue weighted by Crippen LogP contribution is -2.37. The maximum atomic E-state index is 10.6. The molecule has 1 fully saturated rings. The van der Waals surface area contributed by atoms with E-state index in [1.165, 1.54) is 11.8 Å². The van der Waals surface area contributed by atoms with E-state index in [-0.39, 0.29) is 11.9 Å². The van der Waals surface area contributed by atoms with Crippen LogP contribution in [0.4, 0.5) is 0 Å². The summed E-state index contributed by atoms with van der Waals surface area (Å²) in [5, 5.41) is 18.5. The second kappa shape index (κ2) is 11.1. The van der Waals surface area contributed by atoms with E-state index in [1.54, 1.807) is 7.11 Å². The van der Waals surface area contributed by atoms with Gasteiger partial charge in [-0.05, 0) is 55.7 Å². The largest absolute Gasteiger partial charge is 0.549 e. The molecular weight excluding hydrogens is 386 g/mol. The number of carboxylic acid groups (broad SMARTS) is 1. The van der Waals surface area contributed by atoms with Crippen molar-refractivity contribution in [1.82, 2.24) is 10.7 Å². The van der Waals surface area contributed by atoms with Crippen molar-refractivity contribution in [1.29, 1.82) is 0 Å². The van der Waals surface area contributed by atoms with E-state index in [4.69, 9.17) is 21.7 Å². The molecule has 148 valence electrons. The monoisotopic (exact) mass is 410 g/mol. The van der Waals surface area contributed by atoms with Crippen LogP contribution in [0, 0.1) is 0 Å². The second-order valence-corrected chi connectivity index (χ2v) is 7.44. The normalized spacial score (nSPS) is 16.8. The predicted octanol–water partition coefficient (Wildman–Crippen LogP) is 1.05. The van der Waals surface area contributed by atoms with Crippen LogP contribution in [0.5, 0.6) is 5.75 Å². The first-order chi connectivity index (χ1) is 13.0. The number of thiocarbonyl (C=S) groups is 1. The van der Waals surface area contributed by atoms with Crippen molar-refractivity contribution in [2.45, 2.75) is 31.6 Å². The molecule has 1 aliphatic rings. The summed E-state index contributed by atoms with van der Waals surface area (Å²) in [6.45, 7) is 3.35. The van der Waals surface area contributed by atoms with Gasteiger partial charge in [0.25, 0.3) is 0 Å². The molecule has 2 N–H and O–H groups in total. The fraction of sp³-hybridized carbons (Fsp3) is 0.500. The molecule has 0 saturated carbocycles. The van der Waals surface area contributed by atoms with Gasteiger partial charge in [0.15, 0.2) is 5.11 Å². The highest BCUT2D eigenvalue weighted by Gasteiger charge is 2.15. The van der Waals surface area contributed by atoms with Crippen LogP contribution in [-0.2, 0) is 15.3 Å². The van der Waals surface area contributed by atoms with Crippen LogP contribution >= 0.6 is 24.0 Å². The van der Waals surface area contributed by atoms with Gasteiger partial charge in [0.1, 0.15) is 5.75 Å². The number of thioether (sulfide) groups is 1. The molecule has 0 radical (unpaired) electrons. The summed E-state index contributed by atoms with van der Waals surface area (Å²) in [6.07, 6.45) is 2.34. The Kier molecular flexibility index (Phi) is 8.83. The summed E-state index contributed by atoms with van der Waals surface area (Å²) in [4.78, 5) is 10.6. The van der Waals surface area contributed by atoms with E-state index >= 15 is 0 Å². The second-order valence-electron chi connectivity index (χ2n) is 6.05. The van der Waals surface area contributed by atoms with Gasteiger partial charge in [-0.15, -0.1) is 0 Å². The average molecular weight is 411 g/mol. The highest BCUT2D eigenvalue weighted by atomic mass is 32.2. The zero-order valence-electron chi connectivity index (χ0n) is 15.4. The summed E-state index contributed by atoms with van der Waals surface area (Å²) in [7, 11) is 1.59. The zero-order valence-corrected chi connectivity index (χ0v) is 17.1. The van der Waals surface area contributed by atoms with Crippen molar-refractivity contribution in [2.24, 2.45) is 5.10 Å². The van der Waals surface area contributed by atoms with Crippen LogP contribution in [0.25, 0.3) is 0 Å². The molecule has 1 aromatic rings. The molecule has 2 rings (SSSR count). The van der Waals surface area contributed by atoms with E-state index in [0.29, 0.717) is 23.2 Å². The van der Waals surface area contributed by atoms with Crippen LogP contribution in [0.3, 0.4) is 0 Å². The topological polar surface area (TPSA) is 95.0 Å². The molecule has 9 heteroatoms. The van der Waals surface area contributed by atoms with Crippen molar-refractivity contribution in [3.63, 3.8) is 0 Å². The minimum Gasteiger partial charge on any atom is -0.549 e. The first-order valence-electron chi connectivity index (χ1n) is 8.64. The Morgan fingerprint density at radius 1 is 1.52 bits per heavy atom. The lowest BCUT2D eigenvalue weighted by atomic mass is 10.1.